The van der Waals surface area contributed by atoms with Gasteiger partial charge >= 0.3 is 0 Å². The molecule has 6 heteroatoms. The van der Waals surface area contributed by atoms with Gasteiger partial charge in [-0.05, 0) is 45.2 Å². The van der Waals surface area contributed by atoms with Crippen LogP contribution in [0.25, 0.3) is 0 Å². The minimum atomic E-state index is 0.449. The molecule has 0 aliphatic carbocycles. The first-order chi connectivity index (χ1) is 12.7. The molecule has 1 saturated heterocycles. The van der Waals surface area contributed by atoms with Gasteiger partial charge < -0.3 is 20.0 Å². The average Bonchev–Trinajstić information content (AvgIpc) is 3.25. The third-order valence-corrected chi connectivity index (χ3v) is 4.75. The predicted molar refractivity (Wildman–Crippen MR) is 106 cm³/mol. The van der Waals surface area contributed by atoms with E-state index >= 15 is 0 Å². The number of guanidine groups is 1. The van der Waals surface area contributed by atoms with Gasteiger partial charge in [0.1, 0.15) is 12.3 Å². The maximum absolute atomic E-state index is 5.60. The number of anilines is 1. The summed E-state index contributed by atoms with van der Waals surface area (Å²) in [5.74, 6) is 2.96. The normalized spacial score (nSPS) is 17.6. The molecule has 1 unspecified atom stereocenters. The standard InChI is InChI=1S/C20H29N5O/c1-4-21-20(23-13-19-24-15(2)16(3)26-19)22-12-17-10-11-25(14-17)18-8-6-5-7-9-18/h5-9,17H,4,10-14H2,1-3H3,(H2,21,22,23). The zero-order valence-corrected chi connectivity index (χ0v) is 16.0. The summed E-state index contributed by atoms with van der Waals surface area (Å²) in [7, 11) is 0. The molecule has 1 aliphatic rings. The zero-order valence-electron chi connectivity index (χ0n) is 16.0. The Kier molecular flexibility index (Phi) is 6.15. The Morgan fingerprint density at radius 3 is 2.77 bits per heavy atom. The quantitative estimate of drug-likeness (QED) is 0.616. The minimum absolute atomic E-state index is 0.449. The number of hydrogen-bond acceptors (Lipinski definition) is 4. The highest BCUT2D eigenvalue weighted by Crippen LogP contribution is 2.22. The van der Waals surface area contributed by atoms with Gasteiger partial charge in [0.15, 0.2) is 5.96 Å². The van der Waals surface area contributed by atoms with Crippen molar-refractivity contribution in [3.05, 3.63) is 47.7 Å². The molecule has 0 spiro atoms. The van der Waals surface area contributed by atoms with Crippen LogP contribution in [0, 0.1) is 19.8 Å². The molecule has 140 valence electrons. The fourth-order valence-electron chi connectivity index (χ4n) is 3.21. The molecular formula is C20H29N5O. The molecule has 6 nitrogen and oxygen atoms in total. The van der Waals surface area contributed by atoms with E-state index in [0.717, 1.165) is 43.6 Å². The van der Waals surface area contributed by atoms with Gasteiger partial charge in [-0.25, -0.2) is 9.98 Å². The first kappa shape index (κ1) is 18.3. The highest BCUT2D eigenvalue weighted by molar-refractivity contribution is 5.79. The number of oxazole rings is 1. The minimum Gasteiger partial charge on any atom is -0.444 e. The number of aliphatic imine (C=N–C) groups is 1. The summed E-state index contributed by atoms with van der Waals surface area (Å²) in [5, 5.41) is 6.77. The van der Waals surface area contributed by atoms with Crippen molar-refractivity contribution in [2.75, 3.05) is 31.1 Å². The number of para-hydroxylation sites is 1. The second-order valence-corrected chi connectivity index (χ2v) is 6.76. The summed E-state index contributed by atoms with van der Waals surface area (Å²) < 4.78 is 5.60. The summed E-state index contributed by atoms with van der Waals surface area (Å²) in [6.07, 6.45) is 1.19. The summed E-state index contributed by atoms with van der Waals surface area (Å²) in [5.41, 5.74) is 2.24. The molecule has 0 amide bonds. The van der Waals surface area contributed by atoms with E-state index in [1.165, 1.54) is 12.1 Å². The number of nitrogens with zero attached hydrogens (tertiary/aromatic N) is 3. The second kappa shape index (κ2) is 8.74. The molecule has 3 rings (SSSR count). The van der Waals surface area contributed by atoms with Crippen LogP contribution in [-0.2, 0) is 6.54 Å². The molecule has 1 aromatic carbocycles. The number of aryl methyl sites for hydroxylation is 2. The molecule has 0 radical (unpaired) electrons. The average molecular weight is 355 g/mol. The number of aromatic nitrogens is 1. The van der Waals surface area contributed by atoms with Crippen LogP contribution in [0.5, 0.6) is 0 Å². The van der Waals surface area contributed by atoms with E-state index in [9.17, 15) is 0 Å². The molecule has 26 heavy (non-hydrogen) atoms. The third-order valence-electron chi connectivity index (χ3n) is 4.75. The number of nitrogens with one attached hydrogen (secondary N) is 2. The van der Waals surface area contributed by atoms with E-state index in [0.29, 0.717) is 18.4 Å². The second-order valence-electron chi connectivity index (χ2n) is 6.76. The van der Waals surface area contributed by atoms with Gasteiger partial charge in [-0.2, -0.15) is 0 Å². The lowest BCUT2D eigenvalue weighted by Crippen LogP contribution is -2.40. The summed E-state index contributed by atoms with van der Waals surface area (Å²) >= 11 is 0. The zero-order chi connectivity index (χ0) is 18.4. The van der Waals surface area contributed by atoms with Crippen molar-refractivity contribution in [3.63, 3.8) is 0 Å². The molecule has 1 atom stereocenters. The molecule has 0 bridgehead atoms. The van der Waals surface area contributed by atoms with E-state index < -0.39 is 0 Å². The lowest BCUT2D eigenvalue weighted by Gasteiger charge is -2.19. The lowest BCUT2D eigenvalue weighted by molar-refractivity contribution is 0.472. The fourth-order valence-corrected chi connectivity index (χ4v) is 3.21. The number of benzene rings is 1. The number of hydrogen-bond donors (Lipinski definition) is 2. The molecule has 2 aromatic rings. The molecular weight excluding hydrogens is 326 g/mol. The maximum atomic E-state index is 5.60. The van der Waals surface area contributed by atoms with Crippen LogP contribution in [0.15, 0.2) is 39.7 Å². The Labute approximate surface area is 155 Å². The van der Waals surface area contributed by atoms with Gasteiger partial charge in [0.25, 0.3) is 0 Å². The van der Waals surface area contributed by atoms with Crippen molar-refractivity contribution in [1.82, 2.24) is 15.6 Å². The maximum Gasteiger partial charge on any atom is 0.216 e. The summed E-state index contributed by atoms with van der Waals surface area (Å²) in [6, 6.07) is 10.6. The SMILES string of the molecule is CCNC(=NCc1nc(C)c(C)o1)NCC1CCN(c2ccccc2)C1. The Balaban J connectivity index is 1.51. The van der Waals surface area contributed by atoms with Crippen molar-refractivity contribution in [2.24, 2.45) is 10.9 Å². The van der Waals surface area contributed by atoms with Crippen molar-refractivity contribution in [3.8, 4) is 0 Å². The highest BCUT2D eigenvalue weighted by Gasteiger charge is 2.22. The van der Waals surface area contributed by atoms with Gasteiger partial charge in [-0.15, -0.1) is 0 Å². The molecule has 2 heterocycles. The summed E-state index contributed by atoms with van der Waals surface area (Å²) in [6.45, 7) is 10.3. The van der Waals surface area contributed by atoms with Crippen molar-refractivity contribution in [2.45, 2.75) is 33.7 Å². The molecule has 1 aromatic heterocycles. The van der Waals surface area contributed by atoms with E-state index in [2.05, 4.69) is 62.8 Å². The summed E-state index contributed by atoms with van der Waals surface area (Å²) in [4.78, 5) is 11.4. The predicted octanol–water partition coefficient (Wildman–Crippen LogP) is 2.87. The molecule has 2 N–H and O–H groups in total. The number of rotatable bonds is 6. The van der Waals surface area contributed by atoms with Crippen molar-refractivity contribution in [1.29, 1.82) is 0 Å². The highest BCUT2D eigenvalue weighted by atomic mass is 16.4. The first-order valence-electron chi connectivity index (χ1n) is 9.40. The van der Waals surface area contributed by atoms with Crippen molar-refractivity contribution < 1.29 is 4.42 Å². The van der Waals surface area contributed by atoms with Crippen LogP contribution in [0.3, 0.4) is 0 Å². The first-order valence-corrected chi connectivity index (χ1v) is 9.40. The van der Waals surface area contributed by atoms with Crippen LogP contribution < -0.4 is 15.5 Å². The Morgan fingerprint density at radius 1 is 1.27 bits per heavy atom. The molecule has 0 saturated carbocycles. The Hall–Kier alpha value is -2.50. The van der Waals surface area contributed by atoms with Crippen LogP contribution >= 0.6 is 0 Å². The van der Waals surface area contributed by atoms with Gasteiger partial charge in [0, 0.05) is 31.9 Å². The van der Waals surface area contributed by atoms with Crippen LogP contribution in [-0.4, -0.2) is 37.1 Å². The molecule has 1 aliphatic heterocycles. The van der Waals surface area contributed by atoms with E-state index in [4.69, 9.17) is 4.42 Å². The fraction of sp³-hybridized carbons (Fsp3) is 0.500. The van der Waals surface area contributed by atoms with Gasteiger partial charge in [-0.1, -0.05) is 18.2 Å². The van der Waals surface area contributed by atoms with Gasteiger partial charge in [0.05, 0.1) is 5.69 Å². The molecule has 1 fully saturated rings. The van der Waals surface area contributed by atoms with Gasteiger partial charge in [0.2, 0.25) is 5.89 Å². The Bertz CT molecular complexity index is 706. The van der Waals surface area contributed by atoms with Crippen LogP contribution in [0.2, 0.25) is 0 Å². The van der Waals surface area contributed by atoms with E-state index in [-0.39, 0.29) is 0 Å². The van der Waals surface area contributed by atoms with Crippen LogP contribution in [0.1, 0.15) is 30.7 Å². The topological polar surface area (TPSA) is 65.7 Å². The smallest absolute Gasteiger partial charge is 0.216 e. The van der Waals surface area contributed by atoms with Crippen LogP contribution in [0.4, 0.5) is 5.69 Å². The Morgan fingerprint density at radius 2 is 2.08 bits per heavy atom. The largest absolute Gasteiger partial charge is 0.444 e. The van der Waals surface area contributed by atoms with E-state index in [1.807, 2.05) is 13.8 Å². The monoisotopic (exact) mass is 355 g/mol. The third kappa shape index (κ3) is 4.77. The van der Waals surface area contributed by atoms with E-state index in [1.54, 1.807) is 0 Å². The van der Waals surface area contributed by atoms with Crippen molar-refractivity contribution >= 4 is 11.6 Å². The van der Waals surface area contributed by atoms with Gasteiger partial charge in [-0.3, -0.25) is 0 Å². The lowest BCUT2D eigenvalue weighted by atomic mass is 10.1.